The molecule has 0 spiro atoms. The van der Waals surface area contributed by atoms with E-state index in [1.807, 2.05) is 29.1 Å². The average Bonchev–Trinajstić information content (AvgIpc) is 3.29. The van der Waals surface area contributed by atoms with E-state index in [1.165, 1.54) is 5.56 Å². The molecule has 4 aromatic rings. The summed E-state index contributed by atoms with van der Waals surface area (Å²) < 4.78 is 3.58. The normalized spacial score (nSPS) is 12.4. The molecule has 0 unspecified atom stereocenters. The number of nitriles is 1. The van der Waals surface area contributed by atoms with Crippen LogP contribution in [0, 0.1) is 11.3 Å². The highest BCUT2D eigenvalue weighted by atomic mass is 16.3. The van der Waals surface area contributed by atoms with E-state index in [9.17, 15) is 5.26 Å². The molecule has 8 nitrogen and oxygen atoms in total. The van der Waals surface area contributed by atoms with Gasteiger partial charge in [0.1, 0.15) is 5.82 Å². The molecule has 28 heavy (non-hydrogen) atoms. The lowest BCUT2D eigenvalue weighted by Crippen LogP contribution is -2.15. The number of anilines is 2. The van der Waals surface area contributed by atoms with E-state index < -0.39 is 0 Å². The van der Waals surface area contributed by atoms with Gasteiger partial charge < -0.3 is 10.4 Å². The molecule has 3 heterocycles. The molecule has 3 aromatic heterocycles. The largest absolute Gasteiger partial charge is 0.394 e. The van der Waals surface area contributed by atoms with Crippen LogP contribution in [0.5, 0.6) is 0 Å². The first kappa shape index (κ1) is 16.5. The molecular weight excluding hydrogens is 354 g/mol. The first-order chi connectivity index (χ1) is 13.8. The first-order valence-electron chi connectivity index (χ1n) is 9.06. The second kappa shape index (κ2) is 6.48. The van der Waals surface area contributed by atoms with Gasteiger partial charge in [0.15, 0.2) is 0 Å². The molecule has 2 N–H and O–H groups in total. The Bertz CT molecular complexity index is 1230. The first-order valence-corrected chi connectivity index (χ1v) is 9.06. The quantitative estimate of drug-likeness (QED) is 0.558. The lowest BCUT2D eigenvalue weighted by Gasteiger charge is -2.23. The zero-order chi connectivity index (χ0) is 19.1. The third-order valence-electron chi connectivity index (χ3n) is 5.07. The van der Waals surface area contributed by atoms with Gasteiger partial charge in [0.05, 0.1) is 54.1 Å². The van der Waals surface area contributed by atoms with E-state index in [4.69, 9.17) is 5.11 Å². The van der Waals surface area contributed by atoms with Crippen molar-refractivity contribution < 1.29 is 5.11 Å². The third-order valence-corrected chi connectivity index (χ3v) is 5.07. The van der Waals surface area contributed by atoms with Crippen molar-refractivity contribution in [3.8, 4) is 11.8 Å². The molecule has 0 saturated heterocycles. The maximum absolute atomic E-state index is 9.27. The molecule has 1 aromatic carbocycles. The van der Waals surface area contributed by atoms with E-state index in [0.717, 1.165) is 46.2 Å². The van der Waals surface area contributed by atoms with Crippen LogP contribution in [0.15, 0.2) is 43.0 Å². The van der Waals surface area contributed by atoms with Gasteiger partial charge in [0.25, 0.3) is 0 Å². The minimum Gasteiger partial charge on any atom is -0.394 e. The van der Waals surface area contributed by atoms with Gasteiger partial charge in [-0.1, -0.05) is 0 Å². The molecular formula is C20H17N7O. The highest BCUT2D eigenvalue weighted by Gasteiger charge is 2.23. The minimum absolute atomic E-state index is 0.0411. The number of pyridine rings is 1. The van der Waals surface area contributed by atoms with Crippen LogP contribution in [0.25, 0.3) is 16.6 Å². The second-order valence-electron chi connectivity index (χ2n) is 6.73. The number of rotatable bonds is 5. The molecule has 0 atom stereocenters. The Morgan fingerprint density at radius 3 is 2.82 bits per heavy atom. The number of nitrogens with one attached hydrogen (secondary N) is 1. The molecule has 0 fully saturated rings. The van der Waals surface area contributed by atoms with Gasteiger partial charge in [-0.15, -0.1) is 0 Å². The molecule has 0 saturated carbocycles. The summed E-state index contributed by atoms with van der Waals surface area (Å²) in [6.07, 6.45) is 9.01. The summed E-state index contributed by atoms with van der Waals surface area (Å²) in [5, 5.41) is 31.2. The van der Waals surface area contributed by atoms with Crippen molar-refractivity contribution in [2.24, 2.45) is 0 Å². The molecule has 1 aliphatic carbocycles. The highest BCUT2D eigenvalue weighted by Crippen LogP contribution is 2.33. The molecule has 0 bridgehead atoms. The van der Waals surface area contributed by atoms with Crippen LogP contribution >= 0.6 is 0 Å². The summed E-state index contributed by atoms with van der Waals surface area (Å²) in [6.45, 7) is 0.490. The van der Waals surface area contributed by atoms with Gasteiger partial charge in [0, 0.05) is 23.8 Å². The van der Waals surface area contributed by atoms with Gasteiger partial charge in [0.2, 0.25) is 0 Å². The molecule has 0 aliphatic heterocycles. The number of aliphatic hydroxyl groups excluding tert-OH is 1. The fourth-order valence-corrected chi connectivity index (χ4v) is 3.60. The van der Waals surface area contributed by atoms with E-state index in [0.29, 0.717) is 12.4 Å². The molecule has 0 amide bonds. The Morgan fingerprint density at radius 2 is 2.04 bits per heavy atom. The number of nitrogens with zero attached hydrogens (tertiary/aromatic N) is 6. The number of benzene rings is 1. The Labute approximate surface area is 160 Å². The lowest BCUT2D eigenvalue weighted by atomic mass is 9.83. The monoisotopic (exact) mass is 371 g/mol. The van der Waals surface area contributed by atoms with Crippen LogP contribution in [0.2, 0.25) is 0 Å². The van der Waals surface area contributed by atoms with E-state index in [1.54, 1.807) is 23.3 Å². The summed E-state index contributed by atoms with van der Waals surface area (Å²) in [5.74, 6) is 0.685. The van der Waals surface area contributed by atoms with Crippen molar-refractivity contribution in [1.29, 1.82) is 5.26 Å². The third kappa shape index (κ3) is 2.61. The van der Waals surface area contributed by atoms with Crippen LogP contribution in [0.1, 0.15) is 16.7 Å². The van der Waals surface area contributed by atoms with Gasteiger partial charge >= 0.3 is 0 Å². The van der Waals surface area contributed by atoms with Gasteiger partial charge in [-0.3, -0.25) is 4.68 Å². The van der Waals surface area contributed by atoms with Crippen molar-refractivity contribution in [2.75, 3.05) is 11.9 Å². The summed E-state index contributed by atoms with van der Waals surface area (Å²) >= 11 is 0. The zero-order valence-electron chi connectivity index (χ0n) is 15.0. The standard InChI is InChI=1S/C20H17N7O/c21-8-13-1-4-18(17-3-2-16(13)17)27-19-7-20(22-9-14(19)10-24-27)25-15-11-23-26(12-15)5-6-28/h1,4,7,9-12,28H,2-3,5-6H2,(H,22,25). The van der Waals surface area contributed by atoms with Gasteiger partial charge in [-0.25, -0.2) is 9.67 Å². The fourth-order valence-electron chi connectivity index (χ4n) is 3.60. The van der Waals surface area contributed by atoms with E-state index >= 15 is 0 Å². The average molecular weight is 371 g/mol. The van der Waals surface area contributed by atoms with Crippen molar-refractivity contribution in [2.45, 2.75) is 19.4 Å². The Morgan fingerprint density at radius 1 is 1.14 bits per heavy atom. The van der Waals surface area contributed by atoms with Crippen molar-refractivity contribution in [1.82, 2.24) is 24.5 Å². The van der Waals surface area contributed by atoms with Crippen molar-refractivity contribution in [3.05, 3.63) is 59.7 Å². The van der Waals surface area contributed by atoms with Crippen LogP contribution in [0.3, 0.4) is 0 Å². The van der Waals surface area contributed by atoms with Crippen molar-refractivity contribution >= 4 is 22.4 Å². The predicted octanol–water partition coefficient (Wildman–Crippen LogP) is 2.32. The van der Waals surface area contributed by atoms with Crippen LogP contribution in [-0.2, 0) is 19.4 Å². The summed E-state index contributed by atoms with van der Waals surface area (Å²) in [6, 6.07) is 8.06. The topological polar surface area (TPSA) is 105 Å². The molecule has 138 valence electrons. The number of hydrogen-bond acceptors (Lipinski definition) is 6. The van der Waals surface area contributed by atoms with Gasteiger partial charge in [-0.2, -0.15) is 15.5 Å². The second-order valence-corrected chi connectivity index (χ2v) is 6.73. The maximum Gasteiger partial charge on any atom is 0.132 e. The van der Waals surface area contributed by atoms with Crippen LogP contribution in [0.4, 0.5) is 11.5 Å². The van der Waals surface area contributed by atoms with Gasteiger partial charge in [-0.05, 0) is 36.1 Å². The van der Waals surface area contributed by atoms with Crippen LogP contribution < -0.4 is 5.32 Å². The Hall–Kier alpha value is -3.70. The smallest absolute Gasteiger partial charge is 0.132 e. The zero-order valence-corrected chi connectivity index (χ0v) is 15.0. The SMILES string of the molecule is N#Cc1ccc(-n2ncc3cnc(Nc4cnn(CCO)c4)cc32)c2c1CC2. The summed E-state index contributed by atoms with van der Waals surface area (Å²) in [4.78, 5) is 4.45. The fraction of sp³-hybridized carbons (Fsp3) is 0.200. The van der Waals surface area contributed by atoms with E-state index in [2.05, 4.69) is 26.6 Å². The molecule has 8 heteroatoms. The van der Waals surface area contributed by atoms with E-state index in [-0.39, 0.29) is 6.61 Å². The minimum atomic E-state index is 0.0411. The molecule has 5 rings (SSSR count). The molecule has 1 aliphatic rings. The lowest BCUT2D eigenvalue weighted by molar-refractivity contribution is 0.269. The summed E-state index contributed by atoms with van der Waals surface area (Å²) in [5.41, 5.74) is 5.84. The Balaban J connectivity index is 1.52. The number of hydrogen-bond donors (Lipinski definition) is 2. The molecule has 0 radical (unpaired) electrons. The Kier molecular flexibility index (Phi) is 3.81. The number of fused-ring (bicyclic) bond motifs is 2. The summed E-state index contributed by atoms with van der Waals surface area (Å²) in [7, 11) is 0. The number of aliphatic hydroxyl groups is 1. The predicted molar refractivity (Wildman–Crippen MR) is 104 cm³/mol. The highest BCUT2D eigenvalue weighted by molar-refractivity contribution is 5.83. The maximum atomic E-state index is 9.27. The van der Waals surface area contributed by atoms with Crippen LogP contribution in [-0.4, -0.2) is 36.3 Å². The van der Waals surface area contributed by atoms with Crippen molar-refractivity contribution in [3.63, 3.8) is 0 Å². The number of aromatic nitrogens is 5.